The van der Waals surface area contributed by atoms with Gasteiger partial charge in [-0.05, 0) is 6.92 Å². The van der Waals surface area contributed by atoms with E-state index in [1.54, 1.807) is 6.92 Å². The minimum Gasteiger partial charge on any atom is -0.374 e. The summed E-state index contributed by atoms with van der Waals surface area (Å²) in [5.41, 5.74) is 0. The highest BCUT2D eigenvalue weighted by molar-refractivity contribution is 4.79. The zero-order valence-corrected chi connectivity index (χ0v) is 7.59. The number of nitrogens with one attached hydrogen (secondary N) is 1. The first-order chi connectivity index (χ1) is 6.16. The van der Waals surface area contributed by atoms with E-state index in [2.05, 4.69) is 16.1 Å². The molecule has 0 aliphatic heterocycles. The highest BCUT2D eigenvalue weighted by Crippen LogP contribution is 1.91. The van der Waals surface area contributed by atoms with Gasteiger partial charge in [-0.2, -0.15) is 5.26 Å². The van der Waals surface area contributed by atoms with Gasteiger partial charge in [0.05, 0.1) is 18.6 Å². The Labute approximate surface area is 76.7 Å². The molecule has 0 bridgehead atoms. The number of rotatable bonds is 7. The van der Waals surface area contributed by atoms with Gasteiger partial charge in [0.1, 0.15) is 6.61 Å². The van der Waals surface area contributed by atoms with E-state index >= 15 is 0 Å². The molecule has 0 fully saturated rings. The maximum Gasteiger partial charge on any atom is 0.261 e. The van der Waals surface area contributed by atoms with Gasteiger partial charge in [-0.3, -0.25) is 0 Å². The van der Waals surface area contributed by atoms with Crippen molar-refractivity contribution in [2.45, 2.75) is 13.3 Å². The Kier molecular flexibility index (Phi) is 7.45. The molecule has 0 heterocycles. The SMILES string of the molecule is CC(C#N)CNCCOCC(F)F. The zero-order valence-electron chi connectivity index (χ0n) is 7.59. The summed E-state index contributed by atoms with van der Waals surface area (Å²) in [7, 11) is 0. The highest BCUT2D eigenvalue weighted by atomic mass is 19.3. The Hall–Kier alpha value is -0.730. The van der Waals surface area contributed by atoms with Gasteiger partial charge in [-0.15, -0.1) is 0 Å². The monoisotopic (exact) mass is 192 g/mol. The summed E-state index contributed by atoms with van der Waals surface area (Å²) in [5.74, 6) is -0.0601. The van der Waals surface area contributed by atoms with Crippen molar-refractivity contribution in [2.24, 2.45) is 5.92 Å². The maximum atomic E-state index is 11.5. The van der Waals surface area contributed by atoms with Crippen molar-refractivity contribution in [1.82, 2.24) is 5.32 Å². The first-order valence-electron chi connectivity index (χ1n) is 4.13. The molecule has 0 amide bonds. The third kappa shape index (κ3) is 9.18. The maximum absolute atomic E-state index is 11.5. The largest absolute Gasteiger partial charge is 0.374 e. The first-order valence-corrected chi connectivity index (χ1v) is 4.13. The first kappa shape index (κ1) is 12.3. The van der Waals surface area contributed by atoms with Crippen molar-refractivity contribution in [3.63, 3.8) is 0 Å². The second-order valence-corrected chi connectivity index (χ2v) is 2.70. The van der Waals surface area contributed by atoms with E-state index in [9.17, 15) is 8.78 Å². The highest BCUT2D eigenvalue weighted by Gasteiger charge is 2.01. The van der Waals surface area contributed by atoms with Crippen molar-refractivity contribution in [3.05, 3.63) is 0 Å². The molecule has 1 atom stereocenters. The third-order valence-corrected chi connectivity index (χ3v) is 1.34. The smallest absolute Gasteiger partial charge is 0.261 e. The summed E-state index contributed by atoms with van der Waals surface area (Å²) >= 11 is 0. The lowest BCUT2D eigenvalue weighted by Gasteiger charge is -2.06. The Morgan fingerprint density at radius 1 is 1.54 bits per heavy atom. The molecular formula is C8H14F2N2O. The molecule has 5 heteroatoms. The molecule has 0 aromatic heterocycles. The van der Waals surface area contributed by atoms with E-state index in [1.807, 2.05) is 0 Å². The van der Waals surface area contributed by atoms with E-state index in [4.69, 9.17) is 5.26 Å². The third-order valence-electron chi connectivity index (χ3n) is 1.34. The van der Waals surface area contributed by atoms with Crippen molar-refractivity contribution in [1.29, 1.82) is 5.26 Å². The normalized spacial score (nSPS) is 12.8. The number of alkyl halides is 2. The predicted molar refractivity (Wildman–Crippen MR) is 44.5 cm³/mol. The van der Waals surface area contributed by atoms with Crippen molar-refractivity contribution < 1.29 is 13.5 Å². The van der Waals surface area contributed by atoms with Crippen molar-refractivity contribution in [2.75, 3.05) is 26.3 Å². The molecule has 0 spiro atoms. The van der Waals surface area contributed by atoms with Gasteiger partial charge >= 0.3 is 0 Å². The van der Waals surface area contributed by atoms with Crippen LogP contribution in [0.15, 0.2) is 0 Å². The van der Waals surface area contributed by atoms with Crippen LogP contribution in [0.4, 0.5) is 8.78 Å². The van der Waals surface area contributed by atoms with Crippen LogP contribution in [0, 0.1) is 17.2 Å². The second kappa shape index (κ2) is 7.90. The van der Waals surface area contributed by atoms with Crippen molar-refractivity contribution in [3.8, 4) is 6.07 Å². The van der Waals surface area contributed by atoms with Crippen molar-refractivity contribution >= 4 is 0 Å². The van der Waals surface area contributed by atoms with Crippen LogP contribution in [0.5, 0.6) is 0 Å². The molecule has 1 N–H and O–H groups in total. The molecule has 76 valence electrons. The quantitative estimate of drug-likeness (QED) is 0.612. The van der Waals surface area contributed by atoms with Gasteiger partial charge in [-0.1, -0.05) is 0 Å². The molecule has 0 aromatic rings. The molecule has 0 aliphatic carbocycles. The summed E-state index contributed by atoms with van der Waals surface area (Å²) in [6, 6.07) is 2.05. The molecule has 13 heavy (non-hydrogen) atoms. The fraction of sp³-hybridized carbons (Fsp3) is 0.875. The summed E-state index contributed by atoms with van der Waals surface area (Å²) < 4.78 is 27.7. The molecule has 0 rings (SSSR count). The standard InChI is InChI=1S/C8H14F2N2O/c1-7(4-11)5-12-2-3-13-6-8(9)10/h7-8,12H,2-3,5-6H2,1H3. The fourth-order valence-electron chi connectivity index (χ4n) is 0.681. The van der Waals surface area contributed by atoms with Crippen LogP contribution in [-0.2, 0) is 4.74 Å². The fourth-order valence-corrected chi connectivity index (χ4v) is 0.681. The van der Waals surface area contributed by atoms with Gasteiger partial charge in [0.2, 0.25) is 0 Å². The lowest BCUT2D eigenvalue weighted by atomic mass is 10.2. The molecule has 0 saturated heterocycles. The number of hydrogen-bond donors (Lipinski definition) is 1. The summed E-state index contributed by atoms with van der Waals surface area (Å²) in [6.07, 6.45) is -2.40. The van der Waals surface area contributed by atoms with Crippen LogP contribution in [0.1, 0.15) is 6.92 Å². The Morgan fingerprint density at radius 2 is 2.23 bits per heavy atom. The van der Waals surface area contributed by atoms with Crippen LogP contribution >= 0.6 is 0 Å². The molecule has 3 nitrogen and oxygen atoms in total. The summed E-state index contributed by atoms with van der Waals surface area (Å²) in [5, 5.41) is 11.3. The van der Waals surface area contributed by atoms with Crippen LogP contribution in [0.2, 0.25) is 0 Å². The Balaban J connectivity index is 3.05. The van der Waals surface area contributed by atoms with Gasteiger partial charge in [0, 0.05) is 13.1 Å². The van der Waals surface area contributed by atoms with E-state index in [0.29, 0.717) is 13.1 Å². The molecule has 0 aliphatic rings. The number of nitriles is 1. The second-order valence-electron chi connectivity index (χ2n) is 2.70. The van der Waals surface area contributed by atoms with Gasteiger partial charge in [0.25, 0.3) is 6.43 Å². The number of halogens is 2. The van der Waals surface area contributed by atoms with Crippen LogP contribution in [0.3, 0.4) is 0 Å². The number of hydrogen-bond acceptors (Lipinski definition) is 3. The lowest BCUT2D eigenvalue weighted by molar-refractivity contribution is 0.0187. The minimum absolute atomic E-state index is 0.0601. The Bertz CT molecular complexity index is 159. The minimum atomic E-state index is -2.40. The molecule has 0 aromatic carbocycles. The number of nitrogens with zero attached hydrogens (tertiary/aromatic N) is 1. The molecular weight excluding hydrogens is 178 g/mol. The zero-order chi connectivity index (χ0) is 10.1. The Morgan fingerprint density at radius 3 is 2.77 bits per heavy atom. The van der Waals surface area contributed by atoms with Gasteiger partial charge in [0.15, 0.2) is 0 Å². The summed E-state index contributed by atoms with van der Waals surface area (Å²) in [6.45, 7) is 2.58. The van der Waals surface area contributed by atoms with E-state index < -0.39 is 13.0 Å². The van der Waals surface area contributed by atoms with Crippen LogP contribution < -0.4 is 5.32 Å². The predicted octanol–water partition coefficient (Wildman–Crippen LogP) is 1.02. The van der Waals surface area contributed by atoms with E-state index in [1.165, 1.54) is 0 Å². The van der Waals surface area contributed by atoms with Gasteiger partial charge < -0.3 is 10.1 Å². The molecule has 0 saturated carbocycles. The average Bonchev–Trinajstić information content (AvgIpc) is 2.10. The lowest BCUT2D eigenvalue weighted by Crippen LogP contribution is -2.25. The average molecular weight is 192 g/mol. The molecule has 1 unspecified atom stereocenters. The van der Waals surface area contributed by atoms with Crippen LogP contribution in [-0.4, -0.2) is 32.7 Å². The van der Waals surface area contributed by atoms with Gasteiger partial charge in [-0.25, -0.2) is 8.78 Å². The topological polar surface area (TPSA) is 45.0 Å². The molecule has 0 radical (unpaired) electrons. The number of ether oxygens (including phenoxy) is 1. The van der Waals surface area contributed by atoms with E-state index in [-0.39, 0.29) is 12.5 Å². The summed E-state index contributed by atoms with van der Waals surface area (Å²) in [4.78, 5) is 0. The van der Waals surface area contributed by atoms with E-state index in [0.717, 1.165) is 0 Å². The van der Waals surface area contributed by atoms with Crippen LogP contribution in [0.25, 0.3) is 0 Å².